The highest BCUT2D eigenvalue weighted by Gasteiger charge is 2.08. The standard InChI is InChI=1S/C13H11Cl2NO2/c1-17-11-3-2-4-12(13(11)16)18-10-6-8(14)5-9(15)7-10/h2-7H,16H2,1H3. The predicted molar refractivity (Wildman–Crippen MR) is 73.9 cm³/mol. The Balaban J connectivity index is 2.34. The lowest BCUT2D eigenvalue weighted by molar-refractivity contribution is 0.412. The third kappa shape index (κ3) is 2.81. The van der Waals surface area contributed by atoms with Crippen molar-refractivity contribution in [2.45, 2.75) is 0 Å². The van der Waals surface area contributed by atoms with Gasteiger partial charge in [0, 0.05) is 10.0 Å². The van der Waals surface area contributed by atoms with Crippen LogP contribution in [0.1, 0.15) is 0 Å². The fraction of sp³-hybridized carbons (Fsp3) is 0.0769. The lowest BCUT2D eigenvalue weighted by atomic mass is 10.2. The van der Waals surface area contributed by atoms with E-state index >= 15 is 0 Å². The average molecular weight is 284 g/mol. The molecule has 0 aliphatic rings. The molecule has 0 saturated heterocycles. The molecule has 2 N–H and O–H groups in total. The molecule has 0 heterocycles. The Hall–Kier alpha value is -1.58. The van der Waals surface area contributed by atoms with E-state index in [9.17, 15) is 0 Å². The van der Waals surface area contributed by atoms with Crippen LogP contribution in [-0.4, -0.2) is 7.11 Å². The van der Waals surface area contributed by atoms with Crippen LogP contribution in [0, 0.1) is 0 Å². The molecule has 0 unspecified atom stereocenters. The van der Waals surface area contributed by atoms with Gasteiger partial charge in [0.2, 0.25) is 0 Å². The normalized spacial score (nSPS) is 10.2. The highest BCUT2D eigenvalue weighted by molar-refractivity contribution is 6.34. The molecule has 0 atom stereocenters. The zero-order chi connectivity index (χ0) is 13.1. The van der Waals surface area contributed by atoms with Crippen molar-refractivity contribution in [2.24, 2.45) is 0 Å². The van der Waals surface area contributed by atoms with Gasteiger partial charge in [-0.2, -0.15) is 0 Å². The van der Waals surface area contributed by atoms with E-state index in [0.717, 1.165) is 0 Å². The summed E-state index contributed by atoms with van der Waals surface area (Å²) in [6.07, 6.45) is 0. The van der Waals surface area contributed by atoms with E-state index in [0.29, 0.717) is 33.0 Å². The fourth-order valence-electron chi connectivity index (χ4n) is 1.51. The Bertz CT molecular complexity index is 553. The summed E-state index contributed by atoms with van der Waals surface area (Å²) in [6, 6.07) is 10.2. The maximum absolute atomic E-state index is 5.90. The number of methoxy groups -OCH3 is 1. The molecule has 0 fully saturated rings. The molecule has 0 aromatic heterocycles. The third-order valence-electron chi connectivity index (χ3n) is 2.31. The number of hydrogen-bond donors (Lipinski definition) is 1. The van der Waals surface area contributed by atoms with E-state index in [2.05, 4.69) is 0 Å². The van der Waals surface area contributed by atoms with E-state index < -0.39 is 0 Å². The Kier molecular flexibility index (Phi) is 3.84. The second-order valence-electron chi connectivity index (χ2n) is 3.58. The van der Waals surface area contributed by atoms with Crippen LogP contribution in [0.4, 0.5) is 5.69 Å². The molecular weight excluding hydrogens is 273 g/mol. The molecule has 3 nitrogen and oxygen atoms in total. The maximum Gasteiger partial charge on any atom is 0.154 e. The molecule has 0 aliphatic heterocycles. The van der Waals surface area contributed by atoms with E-state index in [1.165, 1.54) is 0 Å². The van der Waals surface area contributed by atoms with Gasteiger partial charge in [-0.1, -0.05) is 29.3 Å². The van der Waals surface area contributed by atoms with E-state index in [1.807, 2.05) is 0 Å². The highest BCUT2D eigenvalue weighted by atomic mass is 35.5. The lowest BCUT2D eigenvalue weighted by Gasteiger charge is -2.11. The van der Waals surface area contributed by atoms with Crippen LogP contribution >= 0.6 is 23.2 Å². The van der Waals surface area contributed by atoms with Gasteiger partial charge in [0.05, 0.1) is 7.11 Å². The summed E-state index contributed by atoms with van der Waals surface area (Å²) in [4.78, 5) is 0. The minimum absolute atomic E-state index is 0.427. The molecule has 18 heavy (non-hydrogen) atoms. The SMILES string of the molecule is COc1cccc(Oc2cc(Cl)cc(Cl)c2)c1N. The Labute approximate surface area is 115 Å². The molecule has 0 aliphatic carbocycles. The van der Waals surface area contributed by atoms with Gasteiger partial charge in [0.15, 0.2) is 5.75 Å². The van der Waals surface area contributed by atoms with Gasteiger partial charge in [-0.15, -0.1) is 0 Å². The van der Waals surface area contributed by atoms with Gasteiger partial charge in [0.25, 0.3) is 0 Å². The Morgan fingerprint density at radius 2 is 1.61 bits per heavy atom. The van der Waals surface area contributed by atoms with Crippen LogP contribution in [-0.2, 0) is 0 Å². The van der Waals surface area contributed by atoms with Crippen molar-refractivity contribution < 1.29 is 9.47 Å². The van der Waals surface area contributed by atoms with Crippen LogP contribution in [0.2, 0.25) is 10.0 Å². The van der Waals surface area contributed by atoms with Crippen molar-refractivity contribution in [1.82, 2.24) is 0 Å². The molecule has 2 aromatic carbocycles. The number of rotatable bonds is 3. The summed E-state index contributed by atoms with van der Waals surface area (Å²) in [6.45, 7) is 0. The molecular formula is C13H11Cl2NO2. The summed E-state index contributed by atoms with van der Waals surface area (Å²) < 4.78 is 10.8. The van der Waals surface area contributed by atoms with Crippen LogP contribution < -0.4 is 15.2 Å². The van der Waals surface area contributed by atoms with Crippen molar-refractivity contribution >= 4 is 28.9 Å². The lowest BCUT2D eigenvalue weighted by Crippen LogP contribution is -1.96. The second-order valence-corrected chi connectivity index (χ2v) is 4.45. The van der Waals surface area contributed by atoms with E-state index in [1.54, 1.807) is 43.5 Å². The van der Waals surface area contributed by atoms with Crippen molar-refractivity contribution in [3.05, 3.63) is 46.4 Å². The van der Waals surface area contributed by atoms with Gasteiger partial charge < -0.3 is 15.2 Å². The minimum atomic E-state index is 0.427. The molecule has 0 saturated carbocycles. The highest BCUT2D eigenvalue weighted by Crippen LogP contribution is 2.35. The number of ether oxygens (including phenoxy) is 2. The smallest absolute Gasteiger partial charge is 0.154 e. The Morgan fingerprint density at radius 1 is 1.00 bits per heavy atom. The second kappa shape index (κ2) is 5.38. The quantitative estimate of drug-likeness (QED) is 0.851. The minimum Gasteiger partial charge on any atom is -0.494 e. The molecule has 0 spiro atoms. The Morgan fingerprint density at radius 3 is 2.22 bits per heavy atom. The average Bonchev–Trinajstić information content (AvgIpc) is 2.30. The first-order chi connectivity index (χ1) is 8.60. The molecule has 0 bridgehead atoms. The van der Waals surface area contributed by atoms with Crippen molar-refractivity contribution in [2.75, 3.05) is 12.8 Å². The summed E-state index contributed by atoms with van der Waals surface area (Å²) in [5.74, 6) is 1.57. The number of anilines is 1. The number of hydrogen-bond acceptors (Lipinski definition) is 3. The summed E-state index contributed by atoms with van der Waals surface area (Å²) in [7, 11) is 1.55. The zero-order valence-electron chi connectivity index (χ0n) is 9.61. The third-order valence-corrected chi connectivity index (χ3v) is 2.75. The first-order valence-electron chi connectivity index (χ1n) is 5.16. The molecule has 94 valence electrons. The van der Waals surface area contributed by atoms with E-state index in [4.69, 9.17) is 38.4 Å². The summed E-state index contributed by atoms with van der Waals surface area (Å²) >= 11 is 11.8. The van der Waals surface area contributed by atoms with Gasteiger partial charge >= 0.3 is 0 Å². The molecule has 2 rings (SSSR count). The molecule has 0 radical (unpaired) electrons. The fourth-order valence-corrected chi connectivity index (χ4v) is 2.01. The van der Waals surface area contributed by atoms with Crippen molar-refractivity contribution in [3.8, 4) is 17.2 Å². The largest absolute Gasteiger partial charge is 0.494 e. The first kappa shape index (κ1) is 12.9. The number of benzene rings is 2. The van der Waals surface area contributed by atoms with Crippen molar-refractivity contribution in [3.63, 3.8) is 0 Å². The van der Waals surface area contributed by atoms with Crippen LogP contribution in [0.15, 0.2) is 36.4 Å². The molecule has 2 aromatic rings. The van der Waals surface area contributed by atoms with Crippen molar-refractivity contribution in [1.29, 1.82) is 0 Å². The van der Waals surface area contributed by atoms with Crippen LogP contribution in [0.3, 0.4) is 0 Å². The van der Waals surface area contributed by atoms with Gasteiger partial charge in [0.1, 0.15) is 17.2 Å². The zero-order valence-corrected chi connectivity index (χ0v) is 11.1. The summed E-state index contributed by atoms with van der Waals surface area (Å²) in [5, 5.41) is 0.998. The van der Waals surface area contributed by atoms with Gasteiger partial charge in [-0.25, -0.2) is 0 Å². The first-order valence-corrected chi connectivity index (χ1v) is 5.92. The van der Waals surface area contributed by atoms with Gasteiger partial charge in [-0.05, 0) is 30.3 Å². The van der Waals surface area contributed by atoms with Crippen LogP contribution in [0.5, 0.6) is 17.2 Å². The number of nitrogen functional groups attached to an aromatic ring is 1. The monoisotopic (exact) mass is 283 g/mol. The summed E-state index contributed by atoms with van der Waals surface area (Å²) in [5.41, 5.74) is 6.33. The van der Waals surface area contributed by atoms with Crippen LogP contribution in [0.25, 0.3) is 0 Å². The molecule has 0 amide bonds. The number of nitrogens with two attached hydrogens (primary N) is 1. The molecule has 5 heteroatoms. The topological polar surface area (TPSA) is 44.5 Å². The number of para-hydroxylation sites is 1. The van der Waals surface area contributed by atoms with E-state index in [-0.39, 0.29) is 0 Å². The van der Waals surface area contributed by atoms with Gasteiger partial charge in [-0.3, -0.25) is 0 Å². The maximum atomic E-state index is 5.90. The predicted octanol–water partition coefficient (Wildman–Crippen LogP) is 4.38. The number of halogens is 2.